The Morgan fingerprint density at radius 3 is 1.42 bits per heavy atom. The van der Waals surface area contributed by atoms with Crippen molar-refractivity contribution in [2.75, 3.05) is 13.1 Å². The monoisotopic (exact) mass is 270 g/mol. The van der Waals surface area contributed by atoms with Gasteiger partial charge in [-0.05, 0) is 41.5 Å². The summed E-state index contributed by atoms with van der Waals surface area (Å²) in [5, 5.41) is 0. The lowest BCUT2D eigenvalue weighted by Crippen LogP contribution is -2.25. The first-order chi connectivity index (χ1) is 8.49. The number of rotatable bonds is 4. The first-order valence-electron chi connectivity index (χ1n) is 6.01. The van der Waals surface area contributed by atoms with Gasteiger partial charge in [-0.2, -0.15) is 0 Å². The molecule has 6 nitrogen and oxygen atoms in total. The van der Waals surface area contributed by atoms with Gasteiger partial charge in [-0.3, -0.25) is 0 Å². The van der Waals surface area contributed by atoms with Crippen molar-refractivity contribution in [1.29, 1.82) is 0 Å². The van der Waals surface area contributed by atoms with E-state index in [1.54, 1.807) is 41.5 Å². The largest absolute Gasteiger partial charge is 0.459 e. The molecule has 108 valence electrons. The van der Waals surface area contributed by atoms with Crippen molar-refractivity contribution in [3.8, 4) is 0 Å². The molecule has 0 saturated carbocycles. The van der Waals surface area contributed by atoms with Gasteiger partial charge in [0.05, 0.1) is 6.01 Å². The van der Waals surface area contributed by atoms with Gasteiger partial charge in [0.15, 0.2) is 0 Å². The minimum Gasteiger partial charge on any atom is -0.459 e. The van der Waals surface area contributed by atoms with Crippen molar-refractivity contribution >= 4 is 17.9 Å². The molecule has 0 aliphatic heterocycles. The fourth-order valence-corrected chi connectivity index (χ4v) is 0.997. The van der Waals surface area contributed by atoms with Crippen LogP contribution in [0.5, 0.6) is 0 Å². The summed E-state index contributed by atoms with van der Waals surface area (Å²) in [5.74, 6) is -0.931. The lowest BCUT2D eigenvalue weighted by Gasteiger charge is -2.18. The molecule has 0 N–H and O–H groups in total. The number of hydrogen-bond acceptors (Lipinski definition) is 6. The van der Waals surface area contributed by atoms with E-state index in [9.17, 15) is 9.59 Å². The highest BCUT2D eigenvalue weighted by Crippen LogP contribution is 2.07. The first-order valence-corrected chi connectivity index (χ1v) is 6.01. The summed E-state index contributed by atoms with van der Waals surface area (Å²) in [6.45, 7) is 10.3. The average molecular weight is 270 g/mol. The van der Waals surface area contributed by atoms with Crippen LogP contribution in [0.4, 0.5) is 0 Å². The molecule has 0 radical (unpaired) electrons. The van der Waals surface area contributed by atoms with Crippen LogP contribution in [0.15, 0.2) is 9.98 Å². The van der Waals surface area contributed by atoms with Crippen molar-refractivity contribution < 1.29 is 19.1 Å². The summed E-state index contributed by atoms with van der Waals surface area (Å²) in [5.41, 5.74) is -1.08. The minimum atomic E-state index is -0.541. The molecule has 0 spiro atoms. The molecule has 0 amide bonds. The van der Waals surface area contributed by atoms with Crippen LogP contribution in [0.25, 0.3) is 0 Å². The number of carbonyl (C=O) groups is 2. The molecule has 0 heterocycles. The zero-order valence-corrected chi connectivity index (χ0v) is 12.4. The third-order valence-corrected chi connectivity index (χ3v) is 1.40. The standard InChI is InChI=1S/C13H22N2O4/c1-12(2,3)18-10(16)7-14-9-15-8-11(17)19-13(4,5)6/h7-8H2,1-6H3. The van der Waals surface area contributed by atoms with Gasteiger partial charge in [-0.25, -0.2) is 19.6 Å². The maximum absolute atomic E-state index is 11.3. The molecule has 0 aliphatic rings. The van der Waals surface area contributed by atoms with Crippen LogP contribution in [0, 0.1) is 0 Å². The zero-order valence-electron chi connectivity index (χ0n) is 12.4. The molecule has 0 fully saturated rings. The lowest BCUT2D eigenvalue weighted by molar-refractivity contribution is -0.153. The summed E-state index contributed by atoms with van der Waals surface area (Å²) in [6.07, 6.45) is 0. The lowest BCUT2D eigenvalue weighted by atomic mass is 10.2. The third kappa shape index (κ3) is 12.6. The van der Waals surface area contributed by atoms with Gasteiger partial charge in [-0.15, -0.1) is 0 Å². The molecule has 0 aromatic rings. The molecule has 0 atom stereocenters. The van der Waals surface area contributed by atoms with Crippen molar-refractivity contribution in [3.05, 3.63) is 0 Å². The molecule has 0 saturated heterocycles. The van der Waals surface area contributed by atoms with E-state index in [0.29, 0.717) is 0 Å². The van der Waals surface area contributed by atoms with E-state index < -0.39 is 23.1 Å². The van der Waals surface area contributed by atoms with Gasteiger partial charge in [0, 0.05) is 0 Å². The van der Waals surface area contributed by atoms with Crippen molar-refractivity contribution in [2.24, 2.45) is 9.98 Å². The number of esters is 2. The van der Waals surface area contributed by atoms with Gasteiger partial charge in [0.25, 0.3) is 0 Å². The molecule has 0 rings (SSSR count). The maximum atomic E-state index is 11.3. The Morgan fingerprint density at radius 1 is 0.842 bits per heavy atom. The van der Waals surface area contributed by atoms with Crippen LogP contribution in [0.3, 0.4) is 0 Å². The zero-order chi connectivity index (χ0) is 15.1. The summed E-state index contributed by atoms with van der Waals surface area (Å²) in [7, 11) is 0. The predicted octanol–water partition coefficient (Wildman–Crippen LogP) is 1.84. The van der Waals surface area contributed by atoms with E-state index in [1.165, 1.54) is 0 Å². The molecule has 19 heavy (non-hydrogen) atoms. The van der Waals surface area contributed by atoms with Crippen LogP contribution in [0.2, 0.25) is 0 Å². The molecule has 0 unspecified atom stereocenters. The number of aliphatic imine (C=N–C) groups is 2. The SMILES string of the molecule is CC(C)(C)OC(=O)CN=C=NCC(=O)OC(C)(C)C. The highest BCUT2D eigenvalue weighted by Gasteiger charge is 2.16. The van der Waals surface area contributed by atoms with Crippen LogP contribution in [-0.4, -0.2) is 42.2 Å². The van der Waals surface area contributed by atoms with Gasteiger partial charge >= 0.3 is 11.9 Å². The van der Waals surface area contributed by atoms with Crippen molar-refractivity contribution in [1.82, 2.24) is 0 Å². The van der Waals surface area contributed by atoms with E-state index in [-0.39, 0.29) is 13.1 Å². The highest BCUT2D eigenvalue weighted by atomic mass is 16.6. The first kappa shape index (κ1) is 17.3. The third-order valence-electron chi connectivity index (χ3n) is 1.40. The topological polar surface area (TPSA) is 77.3 Å². The maximum Gasteiger partial charge on any atom is 0.329 e. The fourth-order valence-electron chi connectivity index (χ4n) is 0.997. The Labute approximate surface area is 113 Å². The molecule has 0 aromatic heterocycles. The van der Waals surface area contributed by atoms with E-state index in [0.717, 1.165) is 0 Å². The molecule has 6 heteroatoms. The second kappa shape index (κ2) is 7.04. The smallest absolute Gasteiger partial charge is 0.329 e. The van der Waals surface area contributed by atoms with Crippen molar-refractivity contribution in [3.63, 3.8) is 0 Å². The van der Waals surface area contributed by atoms with Crippen molar-refractivity contribution in [2.45, 2.75) is 52.7 Å². The fraction of sp³-hybridized carbons (Fsp3) is 0.769. The van der Waals surface area contributed by atoms with Crippen LogP contribution >= 0.6 is 0 Å². The van der Waals surface area contributed by atoms with Gasteiger partial charge in [0.1, 0.15) is 24.3 Å². The Morgan fingerprint density at radius 2 is 1.16 bits per heavy atom. The Kier molecular flexibility index (Phi) is 6.42. The summed E-state index contributed by atoms with van der Waals surface area (Å²) >= 11 is 0. The Hall–Kier alpha value is -1.68. The average Bonchev–Trinajstić information content (AvgIpc) is 2.10. The van der Waals surface area contributed by atoms with Crippen LogP contribution in [0.1, 0.15) is 41.5 Å². The van der Waals surface area contributed by atoms with E-state index in [2.05, 4.69) is 16.0 Å². The summed E-state index contributed by atoms with van der Waals surface area (Å²) in [6, 6.07) is 2.27. The number of carbonyl (C=O) groups excluding carboxylic acids is 2. The quantitative estimate of drug-likeness (QED) is 0.577. The van der Waals surface area contributed by atoms with Gasteiger partial charge in [0.2, 0.25) is 0 Å². The summed E-state index contributed by atoms with van der Waals surface area (Å²) < 4.78 is 10.1. The highest BCUT2D eigenvalue weighted by molar-refractivity contribution is 5.74. The Balaban J connectivity index is 4.05. The molecule has 0 aliphatic carbocycles. The molecule has 0 aromatic carbocycles. The Bertz CT molecular complexity index is 348. The predicted molar refractivity (Wildman–Crippen MR) is 71.3 cm³/mol. The van der Waals surface area contributed by atoms with E-state index in [4.69, 9.17) is 9.47 Å². The number of hydrogen-bond donors (Lipinski definition) is 0. The molecular formula is C13H22N2O4. The van der Waals surface area contributed by atoms with Gasteiger partial charge in [-0.1, -0.05) is 0 Å². The number of nitrogens with zero attached hydrogens (tertiary/aromatic N) is 2. The normalized spacial score (nSPS) is 11.3. The molecular weight excluding hydrogens is 248 g/mol. The van der Waals surface area contributed by atoms with E-state index in [1.807, 2.05) is 0 Å². The second-order valence-electron chi connectivity index (χ2n) is 5.91. The number of ether oxygens (including phenoxy) is 2. The summed E-state index contributed by atoms with van der Waals surface area (Å²) in [4.78, 5) is 29.8. The minimum absolute atomic E-state index is 0.172. The molecule has 0 bridgehead atoms. The van der Waals surface area contributed by atoms with E-state index >= 15 is 0 Å². The second-order valence-corrected chi connectivity index (χ2v) is 5.91. The van der Waals surface area contributed by atoms with Crippen LogP contribution in [-0.2, 0) is 19.1 Å². The van der Waals surface area contributed by atoms with Crippen LogP contribution < -0.4 is 0 Å². The van der Waals surface area contributed by atoms with Gasteiger partial charge < -0.3 is 9.47 Å².